The molecule has 106 valence electrons. The van der Waals surface area contributed by atoms with Gasteiger partial charge in [0.1, 0.15) is 0 Å². The Morgan fingerprint density at radius 1 is 1.17 bits per heavy atom. The van der Waals surface area contributed by atoms with Crippen molar-refractivity contribution >= 4 is 0 Å². The number of likely N-dealkylation sites (N-methyl/N-ethyl adjacent to an activating group) is 1. The Kier molecular flexibility index (Phi) is 5.93. The highest BCUT2D eigenvalue weighted by atomic mass is 16.5. The molecule has 0 aromatic carbocycles. The Morgan fingerprint density at radius 2 is 1.94 bits per heavy atom. The van der Waals surface area contributed by atoms with E-state index < -0.39 is 0 Å². The maximum Gasteiger partial charge on any atom is 0.0622 e. The van der Waals surface area contributed by atoms with Gasteiger partial charge in [0.25, 0.3) is 0 Å². The van der Waals surface area contributed by atoms with Crippen LogP contribution in [-0.4, -0.2) is 49.8 Å². The summed E-state index contributed by atoms with van der Waals surface area (Å²) in [6.45, 7) is 5.28. The first-order valence-electron chi connectivity index (χ1n) is 7.87. The van der Waals surface area contributed by atoms with Crippen molar-refractivity contribution in [1.82, 2.24) is 10.2 Å². The van der Waals surface area contributed by atoms with E-state index in [0.717, 1.165) is 25.8 Å². The molecule has 18 heavy (non-hydrogen) atoms. The van der Waals surface area contributed by atoms with Crippen molar-refractivity contribution in [3.8, 4) is 0 Å². The lowest BCUT2D eigenvalue weighted by Crippen LogP contribution is -2.57. The third-order valence-corrected chi connectivity index (χ3v) is 4.77. The molecule has 3 unspecified atom stereocenters. The maximum absolute atomic E-state index is 5.66. The van der Waals surface area contributed by atoms with Gasteiger partial charge in [0, 0.05) is 24.7 Å². The van der Waals surface area contributed by atoms with Gasteiger partial charge in [-0.15, -0.1) is 0 Å². The highest BCUT2D eigenvalue weighted by Crippen LogP contribution is 2.25. The molecule has 1 aliphatic heterocycles. The van der Waals surface area contributed by atoms with Gasteiger partial charge in [0.2, 0.25) is 0 Å². The van der Waals surface area contributed by atoms with Crippen LogP contribution in [0.15, 0.2) is 0 Å². The number of morpholine rings is 1. The van der Waals surface area contributed by atoms with Crippen LogP contribution in [-0.2, 0) is 4.74 Å². The molecule has 0 radical (unpaired) electrons. The third-order valence-electron chi connectivity index (χ3n) is 4.77. The minimum Gasteiger partial charge on any atom is -0.378 e. The van der Waals surface area contributed by atoms with Gasteiger partial charge in [0.05, 0.1) is 13.2 Å². The highest BCUT2D eigenvalue weighted by molar-refractivity contribution is 4.89. The molecule has 2 rings (SSSR count). The summed E-state index contributed by atoms with van der Waals surface area (Å²) in [5.74, 6) is 0. The third kappa shape index (κ3) is 3.46. The van der Waals surface area contributed by atoms with Crippen LogP contribution in [0.2, 0.25) is 0 Å². The van der Waals surface area contributed by atoms with E-state index in [0.29, 0.717) is 12.1 Å². The van der Waals surface area contributed by atoms with Crippen LogP contribution >= 0.6 is 0 Å². The fraction of sp³-hybridized carbons (Fsp3) is 1.00. The Labute approximate surface area is 112 Å². The second-order valence-electron chi connectivity index (χ2n) is 5.83. The SMILES string of the molecule is CCC1COCCN1C1CCCCCCC1NC. The Hall–Kier alpha value is -0.120. The first-order valence-corrected chi connectivity index (χ1v) is 7.87. The van der Waals surface area contributed by atoms with Gasteiger partial charge in [-0.2, -0.15) is 0 Å². The van der Waals surface area contributed by atoms with E-state index in [4.69, 9.17) is 4.74 Å². The van der Waals surface area contributed by atoms with Crippen LogP contribution < -0.4 is 5.32 Å². The molecule has 1 saturated heterocycles. The predicted molar refractivity (Wildman–Crippen MR) is 75.9 cm³/mol. The Morgan fingerprint density at radius 3 is 2.67 bits per heavy atom. The summed E-state index contributed by atoms with van der Waals surface area (Å²) in [6, 6.07) is 2.04. The molecule has 0 bridgehead atoms. The fourth-order valence-electron chi connectivity index (χ4n) is 3.66. The van der Waals surface area contributed by atoms with Crippen LogP contribution in [0.4, 0.5) is 0 Å². The number of rotatable bonds is 3. The summed E-state index contributed by atoms with van der Waals surface area (Å²) in [6.07, 6.45) is 9.56. The topological polar surface area (TPSA) is 24.5 Å². The van der Waals surface area contributed by atoms with Crippen molar-refractivity contribution in [3.05, 3.63) is 0 Å². The second kappa shape index (κ2) is 7.46. The quantitative estimate of drug-likeness (QED) is 0.837. The van der Waals surface area contributed by atoms with Gasteiger partial charge in [-0.3, -0.25) is 4.90 Å². The van der Waals surface area contributed by atoms with E-state index in [9.17, 15) is 0 Å². The maximum atomic E-state index is 5.66. The van der Waals surface area contributed by atoms with Crippen LogP contribution in [0.3, 0.4) is 0 Å². The zero-order valence-electron chi connectivity index (χ0n) is 12.2. The van der Waals surface area contributed by atoms with Gasteiger partial charge in [-0.05, 0) is 26.3 Å². The molecule has 2 fully saturated rings. The molecule has 3 atom stereocenters. The lowest BCUT2D eigenvalue weighted by atomic mass is 9.90. The molecule has 1 saturated carbocycles. The van der Waals surface area contributed by atoms with Crippen molar-refractivity contribution in [2.24, 2.45) is 0 Å². The van der Waals surface area contributed by atoms with Crippen molar-refractivity contribution in [3.63, 3.8) is 0 Å². The van der Waals surface area contributed by atoms with Crippen LogP contribution in [0.5, 0.6) is 0 Å². The summed E-state index contributed by atoms with van der Waals surface area (Å²) in [4.78, 5) is 2.75. The molecular weight excluding hydrogens is 224 g/mol. The van der Waals surface area contributed by atoms with Gasteiger partial charge in [-0.1, -0.05) is 32.6 Å². The highest BCUT2D eigenvalue weighted by Gasteiger charge is 2.32. The average molecular weight is 254 g/mol. The zero-order chi connectivity index (χ0) is 12.8. The molecule has 1 heterocycles. The largest absolute Gasteiger partial charge is 0.378 e. The minimum absolute atomic E-state index is 0.638. The molecular formula is C15H30N2O. The monoisotopic (exact) mass is 254 g/mol. The van der Waals surface area contributed by atoms with E-state index in [1.807, 2.05) is 0 Å². The molecule has 0 aromatic heterocycles. The second-order valence-corrected chi connectivity index (χ2v) is 5.83. The summed E-state index contributed by atoms with van der Waals surface area (Å²) in [5.41, 5.74) is 0. The summed E-state index contributed by atoms with van der Waals surface area (Å²) in [5, 5.41) is 3.58. The van der Waals surface area contributed by atoms with E-state index in [-0.39, 0.29) is 0 Å². The van der Waals surface area contributed by atoms with E-state index in [1.165, 1.54) is 44.9 Å². The molecule has 1 aliphatic carbocycles. The number of ether oxygens (including phenoxy) is 1. The Balaban J connectivity index is 2.04. The number of hydrogen-bond donors (Lipinski definition) is 1. The first kappa shape index (κ1) is 14.3. The van der Waals surface area contributed by atoms with Gasteiger partial charge in [0.15, 0.2) is 0 Å². The molecule has 1 N–H and O–H groups in total. The Bertz CT molecular complexity index is 235. The van der Waals surface area contributed by atoms with Gasteiger partial charge < -0.3 is 10.1 Å². The summed E-state index contributed by atoms with van der Waals surface area (Å²) >= 11 is 0. The van der Waals surface area contributed by atoms with Gasteiger partial charge >= 0.3 is 0 Å². The summed E-state index contributed by atoms with van der Waals surface area (Å²) < 4.78 is 5.66. The standard InChI is InChI=1S/C15H30N2O/c1-3-13-12-18-11-10-17(13)15-9-7-5-4-6-8-14(15)16-2/h13-16H,3-12H2,1-2H3. The fourth-order valence-corrected chi connectivity index (χ4v) is 3.66. The molecule has 0 amide bonds. The average Bonchev–Trinajstić information content (AvgIpc) is 2.39. The number of hydrogen-bond acceptors (Lipinski definition) is 3. The summed E-state index contributed by atoms with van der Waals surface area (Å²) in [7, 11) is 2.14. The lowest BCUT2D eigenvalue weighted by Gasteiger charge is -2.44. The molecule has 0 spiro atoms. The number of nitrogens with zero attached hydrogens (tertiary/aromatic N) is 1. The molecule has 3 heteroatoms. The van der Waals surface area contributed by atoms with Crippen LogP contribution in [0, 0.1) is 0 Å². The predicted octanol–water partition coefficient (Wildman–Crippen LogP) is 2.41. The van der Waals surface area contributed by atoms with Crippen molar-refractivity contribution < 1.29 is 4.74 Å². The van der Waals surface area contributed by atoms with E-state index >= 15 is 0 Å². The van der Waals surface area contributed by atoms with Crippen LogP contribution in [0.1, 0.15) is 51.9 Å². The first-order chi connectivity index (χ1) is 8.86. The van der Waals surface area contributed by atoms with Crippen molar-refractivity contribution in [2.75, 3.05) is 26.8 Å². The lowest BCUT2D eigenvalue weighted by molar-refractivity contribution is -0.0410. The van der Waals surface area contributed by atoms with E-state index in [1.54, 1.807) is 0 Å². The molecule has 2 aliphatic rings. The normalized spacial score (nSPS) is 36.0. The smallest absolute Gasteiger partial charge is 0.0622 e. The number of nitrogens with one attached hydrogen (secondary N) is 1. The van der Waals surface area contributed by atoms with Gasteiger partial charge in [-0.25, -0.2) is 0 Å². The molecule has 0 aromatic rings. The minimum atomic E-state index is 0.638. The van der Waals surface area contributed by atoms with E-state index in [2.05, 4.69) is 24.2 Å². The molecule has 3 nitrogen and oxygen atoms in total. The van der Waals surface area contributed by atoms with Crippen molar-refractivity contribution in [2.45, 2.75) is 70.0 Å². The van der Waals surface area contributed by atoms with Crippen molar-refractivity contribution in [1.29, 1.82) is 0 Å². The zero-order valence-corrected chi connectivity index (χ0v) is 12.2. The van der Waals surface area contributed by atoms with Crippen LogP contribution in [0.25, 0.3) is 0 Å².